The molecule has 0 spiro atoms. The molecule has 1 N–H and O–H groups in total. The number of carbonyl (C=O) groups excluding carboxylic acids is 1. The standard InChI is InChI=1S/C32H37F5N4O4/c1-20-18-40(12-13-41(20)24-4-5-28(34)27(17-24)29(42)43)25-6-7-31(45-19-25,21-2-3-21)30(44)39-10-8-38(9-11-39)26-15-22(32(35,36)37)14-23(33)16-26/h4-5,14-17,20-21,25H,2-3,6-13,18-19H2,1H3,(H,42,43)/t20-,25+,31-/m0/s1. The highest BCUT2D eigenvalue weighted by Crippen LogP contribution is 2.48. The van der Waals surface area contributed by atoms with Crippen molar-refractivity contribution in [3.05, 3.63) is 59.2 Å². The van der Waals surface area contributed by atoms with Crippen LogP contribution in [0, 0.1) is 17.6 Å². The van der Waals surface area contributed by atoms with Gasteiger partial charge in [-0.15, -0.1) is 0 Å². The van der Waals surface area contributed by atoms with E-state index in [1.54, 1.807) is 15.9 Å². The second kappa shape index (κ2) is 12.1. The summed E-state index contributed by atoms with van der Waals surface area (Å²) in [6.45, 7) is 5.70. The third kappa shape index (κ3) is 6.33. The number of rotatable bonds is 6. The summed E-state index contributed by atoms with van der Waals surface area (Å²) in [7, 11) is 0. The molecule has 8 nitrogen and oxygen atoms in total. The van der Waals surface area contributed by atoms with Gasteiger partial charge in [0.1, 0.15) is 17.2 Å². The molecular weight excluding hydrogens is 599 g/mol. The number of carboxylic acid groups (broad SMARTS) is 1. The molecule has 2 aromatic rings. The van der Waals surface area contributed by atoms with E-state index in [9.17, 15) is 36.6 Å². The lowest BCUT2D eigenvalue weighted by atomic mass is 9.85. The highest BCUT2D eigenvalue weighted by molar-refractivity contribution is 5.89. The number of alkyl halides is 3. The minimum Gasteiger partial charge on any atom is -0.478 e. The largest absolute Gasteiger partial charge is 0.478 e. The molecule has 2 aromatic carbocycles. The fourth-order valence-electron chi connectivity index (χ4n) is 7.20. The Labute approximate surface area is 258 Å². The zero-order valence-corrected chi connectivity index (χ0v) is 25.0. The van der Waals surface area contributed by atoms with Gasteiger partial charge in [0.05, 0.1) is 17.7 Å². The predicted molar refractivity (Wildman–Crippen MR) is 156 cm³/mol. The zero-order chi connectivity index (χ0) is 32.1. The van der Waals surface area contributed by atoms with Crippen LogP contribution in [0.2, 0.25) is 0 Å². The lowest BCUT2D eigenvalue weighted by molar-refractivity contribution is -0.176. The number of halogens is 5. The summed E-state index contributed by atoms with van der Waals surface area (Å²) >= 11 is 0. The Balaban J connectivity index is 1.06. The Hall–Kier alpha value is -3.45. The van der Waals surface area contributed by atoms with Crippen molar-refractivity contribution in [2.75, 3.05) is 62.2 Å². The van der Waals surface area contributed by atoms with Gasteiger partial charge in [0.15, 0.2) is 0 Å². The third-order valence-electron chi connectivity index (χ3n) is 9.81. The van der Waals surface area contributed by atoms with E-state index in [-0.39, 0.29) is 35.2 Å². The van der Waals surface area contributed by atoms with E-state index in [4.69, 9.17) is 4.74 Å². The van der Waals surface area contributed by atoms with Crippen molar-refractivity contribution < 1.29 is 41.4 Å². The number of carbonyl (C=O) groups is 2. The van der Waals surface area contributed by atoms with Crippen LogP contribution in [-0.4, -0.2) is 96.9 Å². The van der Waals surface area contributed by atoms with E-state index < -0.39 is 34.9 Å². The molecule has 3 aliphatic heterocycles. The lowest BCUT2D eigenvalue weighted by Crippen LogP contribution is -2.62. The number of carboxylic acids is 1. The van der Waals surface area contributed by atoms with E-state index in [0.717, 1.165) is 31.4 Å². The number of piperazine rings is 2. The summed E-state index contributed by atoms with van der Waals surface area (Å²) in [6.07, 6.45) is -1.48. The summed E-state index contributed by atoms with van der Waals surface area (Å²) in [5.41, 5.74) is -1.48. The fourth-order valence-corrected chi connectivity index (χ4v) is 7.20. The van der Waals surface area contributed by atoms with Crippen LogP contribution in [0.4, 0.5) is 33.3 Å². The van der Waals surface area contributed by atoms with E-state index in [2.05, 4.69) is 9.80 Å². The molecular formula is C32H37F5N4O4. The van der Waals surface area contributed by atoms with Gasteiger partial charge in [-0.2, -0.15) is 13.2 Å². The molecule has 4 aliphatic rings. The third-order valence-corrected chi connectivity index (χ3v) is 9.81. The molecule has 0 aromatic heterocycles. The predicted octanol–water partition coefficient (Wildman–Crippen LogP) is 4.87. The number of anilines is 2. The Morgan fingerprint density at radius 2 is 1.67 bits per heavy atom. The number of hydrogen-bond acceptors (Lipinski definition) is 6. The van der Waals surface area contributed by atoms with Crippen LogP contribution in [0.25, 0.3) is 0 Å². The lowest BCUT2D eigenvalue weighted by Gasteiger charge is -2.49. The first kappa shape index (κ1) is 31.5. The Morgan fingerprint density at radius 1 is 0.933 bits per heavy atom. The highest BCUT2D eigenvalue weighted by Gasteiger charge is 2.56. The Kier molecular flexibility index (Phi) is 8.44. The summed E-state index contributed by atoms with van der Waals surface area (Å²) in [6, 6.07) is 6.85. The van der Waals surface area contributed by atoms with Gasteiger partial charge in [0.2, 0.25) is 0 Å². The van der Waals surface area contributed by atoms with Gasteiger partial charge in [-0.05, 0) is 74.9 Å². The number of ether oxygens (including phenoxy) is 1. The highest BCUT2D eigenvalue weighted by atomic mass is 19.4. The quantitative estimate of drug-likeness (QED) is 0.454. The minimum absolute atomic E-state index is 0.0456. The molecule has 4 fully saturated rings. The van der Waals surface area contributed by atoms with E-state index in [1.807, 2.05) is 6.92 Å². The van der Waals surface area contributed by atoms with Gasteiger partial charge >= 0.3 is 12.1 Å². The van der Waals surface area contributed by atoms with Gasteiger partial charge in [-0.25, -0.2) is 13.6 Å². The maximum Gasteiger partial charge on any atom is 0.416 e. The molecule has 1 amide bonds. The summed E-state index contributed by atoms with van der Waals surface area (Å²) in [5.74, 6) is -2.95. The first-order chi connectivity index (χ1) is 21.4. The van der Waals surface area contributed by atoms with Crippen molar-refractivity contribution in [3.63, 3.8) is 0 Å². The van der Waals surface area contributed by atoms with E-state index >= 15 is 0 Å². The molecule has 1 aliphatic carbocycles. The normalized spacial score (nSPS) is 26.7. The molecule has 3 heterocycles. The van der Waals surface area contributed by atoms with Gasteiger partial charge in [0.25, 0.3) is 5.91 Å². The number of nitrogens with zero attached hydrogens (tertiary/aromatic N) is 4. The summed E-state index contributed by atoms with van der Waals surface area (Å²) in [4.78, 5) is 33.2. The van der Waals surface area contributed by atoms with Crippen LogP contribution in [0.5, 0.6) is 0 Å². The van der Waals surface area contributed by atoms with E-state index in [0.29, 0.717) is 70.6 Å². The number of benzene rings is 2. The Morgan fingerprint density at radius 3 is 2.27 bits per heavy atom. The molecule has 6 rings (SSSR count). The molecule has 244 valence electrons. The van der Waals surface area contributed by atoms with Crippen molar-refractivity contribution in [1.29, 1.82) is 0 Å². The molecule has 0 unspecified atom stereocenters. The topological polar surface area (TPSA) is 76.6 Å². The maximum absolute atomic E-state index is 14.0. The number of amides is 1. The molecule has 3 atom stereocenters. The fraction of sp³-hybridized carbons (Fsp3) is 0.562. The van der Waals surface area contributed by atoms with Crippen molar-refractivity contribution in [1.82, 2.24) is 9.80 Å². The van der Waals surface area contributed by atoms with Crippen molar-refractivity contribution in [2.24, 2.45) is 5.92 Å². The van der Waals surface area contributed by atoms with Crippen LogP contribution >= 0.6 is 0 Å². The summed E-state index contributed by atoms with van der Waals surface area (Å²) < 4.78 is 74.1. The van der Waals surface area contributed by atoms with Gasteiger partial charge in [-0.1, -0.05) is 0 Å². The van der Waals surface area contributed by atoms with Crippen LogP contribution in [-0.2, 0) is 15.7 Å². The van der Waals surface area contributed by atoms with Crippen LogP contribution in [0.3, 0.4) is 0 Å². The number of aromatic carboxylic acids is 1. The first-order valence-electron chi connectivity index (χ1n) is 15.5. The van der Waals surface area contributed by atoms with Crippen molar-refractivity contribution in [3.8, 4) is 0 Å². The van der Waals surface area contributed by atoms with Gasteiger partial charge in [0, 0.05) is 69.3 Å². The zero-order valence-electron chi connectivity index (χ0n) is 25.0. The van der Waals surface area contributed by atoms with Crippen LogP contribution in [0.1, 0.15) is 48.5 Å². The average Bonchev–Trinajstić information content (AvgIpc) is 3.87. The van der Waals surface area contributed by atoms with E-state index in [1.165, 1.54) is 12.1 Å². The second-order valence-corrected chi connectivity index (χ2v) is 12.6. The molecule has 0 bridgehead atoms. The smallest absolute Gasteiger partial charge is 0.416 e. The van der Waals surface area contributed by atoms with Crippen molar-refractivity contribution in [2.45, 2.75) is 56.5 Å². The first-order valence-corrected chi connectivity index (χ1v) is 15.5. The number of hydrogen-bond donors (Lipinski definition) is 1. The molecule has 0 radical (unpaired) electrons. The van der Waals surface area contributed by atoms with Crippen LogP contribution in [0.15, 0.2) is 36.4 Å². The van der Waals surface area contributed by atoms with Crippen LogP contribution < -0.4 is 9.80 Å². The molecule has 45 heavy (non-hydrogen) atoms. The summed E-state index contributed by atoms with van der Waals surface area (Å²) in [5, 5.41) is 9.32. The minimum atomic E-state index is -4.65. The van der Waals surface area contributed by atoms with Gasteiger partial charge < -0.3 is 24.5 Å². The molecule has 1 saturated carbocycles. The SMILES string of the molecule is C[C@H]1CN([C@@H]2CC[C@@](C(=O)N3CCN(c4cc(F)cc(C(F)(F)F)c4)CC3)(C3CC3)OC2)CCN1c1ccc(F)c(C(=O)O)c1. The maximum atomic E-state index is 14.0. The van der Waals surface area contributed by atoms with Crippen molar-refractivity contribution >= 4 is 23.3 Å². The molecule has 13 heteroatoms. The average molecular weight is 637 g/mol. The Bertz CT molecular complexity index is 1440. The molecule has 3 saturated heterocycles. The monoisotopic (exact) mass is 636 g/mol. The van der Waals surface area contributed by atoms with Gasteiger partial charge in [-0.3, -0.25) is 9.69 Å². The second-order valence-electron chi connectivity index (χ2n) is 12.6.